The van der Waals surface area contributed by atoms with Crippen molar-refractivity contribution in [3.63, 3.8) is 0 Å². The molecular formula is C25H23F2N5O5. The third-order valence-electron chi connectivity index (χ3n) is 6.89. The summed E-state index contributed by atoms with van der Waals surface area (Å²) in [7, 11) is 0. The van der Waals surface area contributed by atoms with E-state index in [1.165, 1.54) is 12.1 Å². The zero-order chi connectivity index (χ0) is 25.7. The second-order valence-electron chi connectivity index (χ2n) is 9.47. The number of oxazole rings is 1. The molecule has 10 nitrogen and oxygen atoms in total. The molecule has 2 N–H and O–H groups in total. The molecule has 3 aromatic rings. The molecule has 1 unspecified atom stereocenters. The molecule has 37 heavy (non-hydrogen) atoms. The van der Waals surface area contributed by atoms with E-state index in [0.717, 1.165) is 5.52 Å². The van der Waals surface area contributed by atoms with Crippen molar-refractivity contribution in [3.8, 4) is 0 Å². The average Bonchev–Trinajstić information content (AvgIpc) is 3.22. The summed E-state index contributed by atoms with van der Waals surface area (Å²) in [5, 5.41) is 4.88. The van der Waals surface area contributed by atoms with Crippen molar-refractivity contribution in [1.82, 2.24) is 15.6 Å². The number of carbonyl (C=O) groups excluding carboxylic acids is 3. The Labute approximate surface area is 209 Å². The number of alkyl carbamates (subject to hydrolysis) is 1. The van der Waals surface area contributed by atoms with Crippen LogP contribution < -0.4 is 20.4 Å². The lowest BCUT2D eigenvalue weighted by molar-refractivity contribution is -0.134. The van der Waals surface area contributed by atoms with Crippen molar-refractivity contribution in [1.29, 1.82) is 0 Å². The van der Waals surface area contributed by atoms with E-state index in [2.05, 4.69) is 15.6 Å². The zero-order valence-electron chi connectivity index (χ0n) is 19.6. The second kappa shape index (κ2) is 9.02. The van der Waals surface area contributed by atoms with Crippen LogP contribution in [0.1, 0.15) is 24.3 Å². The molecule has 0 saturated carbocycles. The number of amides is 3. The lowest BCUT2D eigenvalue weighted by atomic mass is 9.89. The van der Waals surface area contributed by atoms with Gasteiger partial charge in [0.25, 0.3) is 6.01 Å². The number of hydrogen-bond donors (Lipinski definition) is 2. The third-order valence-corrected chi connectivity index (χ3v) is 6.89. The van der Waals surface area contributed by atoms with Crippen LogP contribution in [0.25, 0.3) is 11.1 Å². The molecule has 6 rings (SSSR count). The highest BCUT2D eigenvalue weighted by atomic mass is 19.1. The minimum atomic E-state index is -1.04. The Morgan fingerprint density at radius 2 is 1.81 bits per heavy atom. The first-order valence-electron chi connectivity index (χ1n) is 12.0. The number of fused-ring (bicyclic) bond motifs is 1. The number of nitrogens with one attached hydrogen (secondary N) is 2. The third kappa shape index (κ3) is 4.43. The normalized spacial score (nSPS) is 20.4. The molecule has 1 atom stereocenters. The van der Waals surface area contributed by atoms with Gasteiger partial charge in [-0.2, -0.15) is 4.98 Å². The quantitative estimate of drug-likeness (QED) is 0.502. The topological polar surface area (TPSA) is 117 Å². The van der Waals surface area contributed by atoms with E-state index in [9.17, 15) is 23.2 Å². The maximum absolute atomic E-state index is 14.8. The summed E-state index contributed by atoms with van der Waals surface area (Å²) >= 11 is 0. The summed E-state index contributed by atoms with van der Waals surface area (Å²) in [6, 6.07) is 10.0. The lowest BCUT2D eigenvalue weighted by Gasteiger charge is -2.42. The summed E-state index contributed by atoms with van der Waals surface area (Å²) in [5.74, 6) is -3.87. The van der Waals surface area contributed by atoms with Crippen LogP contribution in [0.4, 0.5) is 25.3 Å². The van der Waals surface area contributed by atoms with Gasteiger partial charge in [-0.05, 0) is 30.7 Å². The van der Waals surface area contributed by atoms with Gasteiger partial charge in [-0.15, -0.1) is 0 Å². The van der Waals surface area contributed by atoms with Crippen LogP contribution in [0.3, 0.4) is 0 Å². The first-order valence-corrected chi connectivity index (χ1v) is 12.0. The van der Waals surface area contributed by atoms with Gasteiger partial charge in [0.1, 0.15) is 23.3 Å². The minimum Gasteiger partial charge on any atom is -0.442 e. The molecule has 3 saturated heterocycles. The Morgan fingerprint density at radius 1 is 1.08 bits per heavy atom. The first kappa shape index (κ1) is 23.2. The van der Waals surface area contributed by atoms with Gasteiger partial charge in [-0.1, -0.05) is 12.1 Å². The van der Waals surface area contributed by atoms with Crippen molar-refractivity contribution in [2.24, 2.45) is 0 Å². The molecule has 2 aromatic carbocycles. The molecule has 0 bridgehead atoms. The SMILES string of the molecule is O=C1CCC(c2c(F)cc(N3CC(NC(=O)OC4CN(c5nc6ccccc6o5)C4)C3)cc2F)C(=O)N1. The monoisotopic (exact) mass is 511 g/mol. The van der Waals surface area contributed by atoms with E-state index in [1.54, 1.807) is 4.90 Å². The molecule has 192 valence electrons. The first-order chi connectivity index (χ1) is 17.8. The number of halogens is 2. The predicted octanol–water partition coefficient (Wildman–Crippen LogP) is 2.43. The number of aromatic nitrogens is 1. The van der Waals surface area contributed by atoms with Crippen LogP contribution in [-0.2, 0) is 14.3 Å². The van der Waals surface area contributed by atoms with E-state index in [-0.39, 0.29) is 30.6 Å². The highest BCUT2D eigenvalue weighted by Gasteiger charge is 2.36. The second-order valence-corrected chi connectivity index (χ2v) is 9.47. The number of para-hydroxylation sites is 2. The van der Waals surface area contributed by atoms with Gasteiger partial charge in [0.05, 0.1) is 25.0 Å². The minimum absolute atomic E-state index is 0.0301. The van der Waals surface area contributed by atoms with Crippen LogP contribution >= 0.6 is 0 Å². The number of carbonyl (C=O) groups is 3. The largest absolute Gasteiger partial charge is 0.442 e. The Bertz CT molecular complexity index is 1340. The molecule has 1 aromatic heterocycles. The molecule has 12 heteroatoms. The number of hydrogen-bond acceptors (Lipinski definition) is 8. The number of anilines is 2. The fourth-order valence-electron chi connectivity index (χ4n) is 4.85. The Hall–Kier alpha value is -4.22. The van der Waals surface area contributed by atoms with Crippen LogP contribution in [0, 0.1) is 11.6 Å². The van der Waals surface area contributed by atoms with Crippen molar-refractivity contribution >= 4 is 40.7 Å². The molecule has 4 heterocycles. The van der Waals surface area contributed by atoms with E-state index in [0.29, 0.717) is 43.5 Å². The van der Waals surface area contributed by atoms with E-state index in [4.69, 9.17) is 9.15 Å². The fraction of sp³-hybridized carbons (Fsp3) is 0.360. The molecule has 3 aliphatic heterocycles. The Kier molecular flexibility index (Phi) is 5.65. The smallest absolute Gasteiger partial charge is 0.407 e. The molecule has 3 aliphatic rings. The number of nitrogens with zero attached hydrogens (tertiary/aromatic N) is 3. The Morgan fingerprint density at radius 3 is 2.51 bits per heavy atom. The number of piperidine rings is 1. The van der Waals surface area contributed by atoms with Crippen molar-refractivity contribution in [2.75, 3.05) is 36.0 Å². The van der Waals surface area contributed by atoms with E-state index >= 15 is 0 Å². The van der Waals surface area contributed by atoms with Gasteiger partial charge >= 0.3 is 6.09 Å². The van der Waals surface area contributed by atoms with Crippen molar-refractivity contribution in [3.05, 3.63) is 53.6 Å². The van der Waals surface area contributed by atoms with Gasteiger partial charge in [0.2, 0.25) is 11.8 Å². The maximum Gasteiger partial charge on any atom is 0.407 e. The highest BCUT2D eigenvalue weighted by molar-refractivity contribution is 6.01. The van der Waals surface area contributed by atoms with Crippen LogP contribution in [0.5, 0.6) is 0 Å². The highest BCUT2D eigenvalue weighted by Crippen LogP contribution is 2.33. The molecule has 0 aliphatic carbocycles. The maximum atomic E-state index is 14.8. The van der Waals surface area contributed by atoms with Crippen LogP contribution in [-0.4, -0.2) is 61.2 Å². The summed E-state index contributed by atoms with van der Waals surface area (Å²) in [6.45, 7) is 1.64. The summed E-state index contributed by atoms with van der Waals surface area (Å²) in [4.78, 5) is 43.6. The van der Waals surface area contributed by atoms with Gasteiger partial charge in [-0.25, -0.2) is 13.6 Å². The Balaban J connectivity index is 0.981. The van der Waals surface area contributed by atoms with Crippen LogP contribution in [0.2, 0.25) is 0 Å². The molecular weight excluding hydrogens is 488 g/mol. The van der Waals surface area contributed by atoms with E-state index < -0.39 is 35.5 Å². The summed E-state index contributed by atoms with van der Waals surface area (Å²) in [6.07, 6.45) is -0.766. The summed E-state index contributed by atoms with van der Waals surface area (Å²) in [5.41, 5.74) is 1.43. The van der Waals surface area contributed by atoms with Gasteiger partial charge < -0.3 is 24.3 Å². The predicted molar refractivity (Wildman–Crippen MR) is 127 cm³/mol. The molecule has 3 fully saturated rings. The van der Waals surface area contributed by atoms with E-state index in [1.807, 2.05) is 29.2 Å². The van der Waals surface area contributed by atoms with Gasteiger partial charge in [0.15, 0.2) is 5.58 Å². The molecule has 0 spiro atoms. The van der Waals surface area contributed by atoms with Gasteiger partial charge in [-0.3, -0.25) is 14.9 Å². The van der Waals surface area contributed by atoms with Crippen molar-refractivity contribution in [2.45, 2.75) is 30.9 Å². The summed E-state index contributed by atoms with van der Waals surface area (Å²) < 4.78 is 40.7. The molecule has 3 amide bonds. The number of benzene rings is 2. The van der Waals surface area contributed by atoms with Crippen LogP contribution in [0.15, 0.2) is 40.8 Å². The molecule has 0 radical (unpaired) electrons. The average molecular weight is 511 g/mol. The fourth-order valence-corrected chi connectivity index (χ4v) is 4.85. The standard InChI is InChI=1S/C25H23F2N5O5/c26-17-7-14(8-18(27)22(17)16-5-6-21(33)30-23(16)34)31-9-13(10-31)28-25(35)36-15-11-32(12-15)24-29-19-3-1-2-4-20(19)37-24/h1-4,7-8,13,15-16H,5-6,9-12H2,(H,28,35)(H,30,33,34). The number of rotatable bonds is 5. The lowest BCUT2D eigenvalue weighted by Crippen LogP contribution is -2.61. The van der Waals surface area contributed by atoms with Gasteiger partial charge in [0, 0.05) is 30.8 Å². The van der Waals surface area contributed by atoms with Crippen molar-refractivity contribution < 1.29 is 32.3 Å². The zero-order valence-corrected chi connectivity index (χ0v) is 19.6. The number of ether oxygens (including phenoxy) is 1. The number of imide groups is 1.